The second-order valence-electron chi connectivity index (χ2n) is 4.78. The number of thioether (sulfide) groups is 1. The molecule has 0 aromatic heterocycles. The summed E-state index contributed by atoms with van der Waals surface area (Å²) in [6, 6.07) is 11.9. The molecule has 0 heterocycles. The standard InChI is InChI=1S/C17H14O5S/c1-10(18)23-9-12-7-8-13(11-5-3-2-4-6-11)15(17(21)22)14(12)16(19)20/h2-8H,9H2,1H3,(H,19,20)(H,21,22). The van der Waals surface area contributed by atoms with Gasteiger partial charge < -0.3 is 10.2 Å². The summed E-state index contributed by atoms with van der Waals surface area (Å²) in [6.45, 7) is 1.38. The molecule has 0 saturated heterocycles. The van der Waals surface area contributed by atoms with E-state index < -0.39 is 11.9 Å². The van der Waals surface area contributed by atoms with Crippen LogP contribution in [-0.4, -0.2) is 27.3 Å². The van der Waals surface area contributed by atoms with E-state index in [0.29, 0.717) is 16.7 Å². The number of rotatable bonds is 5. The predicted molar refractivity (Wildman–Crippen MR) is 87.8 cm³/mol. The molecule has 0 spiro atoms. The molecule has 0 aliphatic rings. The Labute approximate surface area is 137 Å². The molecule has 0 fully saturated rings. The Balaban J connectivity index is 2.67. The molecule has 2 rings (SSSR count). The van der Waals surface area contributed by atoms with E-state index in [9.17, 15) is 24.6 Å². The van der Waals surface area contributed by atoms with E-state index in [1.807, 2.05) is 0 Å². The first-order valence-electron chi connectivity index (χ1n) is 6.73. The summed E-state index contributed by atoms with van der Waals surface area (Å²) in [5.74, 6) is -2.51. The molecule has 5 nitrogen and oxygen atoms in total. The smallest absolute Gasteiger partial charge is 0.337 e. The highest BCUT2D eigenvalue weighted by molar-refractivity contribution is 8.12. The minimum Gasteiger partial charge on any atom is -0.478 e. The van der Waals surface area contributed by atoms with Crippen LogP contribution in [0.4, 0.5) is 0 Å². The van der Waals surface area contributed by atoms with E-state index in [0.717, 1.165) is 11.8 Å². The van der Waals surface area contributed by atoms with Crippen LogP contribution >= 0.6 is 11.8 Å². The largest absolute Gasteiger partial charge is 0.478 e. The van der Waals surface area contributed by atoms with Gasteiger partial charge in [0.2, 0.25) is 0 Å². The normalized spacial score (nSPS) is 10.3. The van der Waals surface area contributed by atoms with Gasteiger partial charge in [0.25, 0.3) is 0 Å². The van der Waals surface area contributed by atoms with Gasteiger partial charge in [-0.15, -0.1) is 0 Å². The molecule has 6 heteroatoms. The lowest BCUT2D eigenvalue weighted by Gasteiger charge is -2.13. The van der Waals surface area contributed by atoms with Crippen LogP contribution in [-0.2, 0) is 10.5 Å². The zero-order valence-electron chi connectivity index (χ0n) is 12.3. The Hall–Kier alpha value is -2.60. The van der Waals surface area contributed by atoms with Gasteiger partial charge in [0.15, 0.2) is 5.12 Å². The predicted octanol–water partition coefficient (Wildman–Crippen LogP) is 3.53. The maximum atomic E-state index is 11.7. The second kappa shape index (κ2) is 7.11. The zero-order chi connectivity index (χ0) is 17.0. The summed E-state index contributed by atoms with van der Waals surface area (Å²) in [7, 11) is 0. The van der Waals surface area contributed by atoms with Crippen LogP contribution in [0.15, 0.2) is 42.5 Å². The molecular weight excluding hydrogens is 316 g/mol. The number of carbonyl (C=O) groups is 3. The summed E-state index contributed by atoms with van der Waals surface area (Å²) >= 11 is 0.943. The van der Waals surface area contributed by atoms with Crippen molar-refractivity contribution in [1.29, 1.82) is 0 Å². The molecule has 2 N–H and O–H groups in total. The van der Waals surface area contributed by atoms with Gasteiger partial charge in [0.1, 0.15) is 0 Å². The average molecular weight is 330 g/mol. The Bertz CT molecular complexity index is 768. The molecule has 118 valence electrons. The Morgan fingerprint density at radius 3 is 2.04 bits per heavy atom. The Morgan fingerprint density at radius 1 is 0.913 bits per heavy atom. The van der Waals surface area contributed by atoms with Crippen molar-refractivity contribution < 1.29 is 24.6 Å². The van der Waals surface area contributed by atoms with Gasteiger partial charge >= 0.3 is 11.9 Å². The maximum absolute atomic E-state index is 11.7. The van der Waals surface area contributed by atoms with Crippen molar-refractivity contribution in [3.63, 3.8) is 0 Å². The SMILES string of the molecule is CC(=O)SCc1ccc(-c2ccccc2)c(C(=O)O)c1C(=O)O. The fraction of sp³-hybridized carbons (Fsp3) is 0.118. The number of hydrogen-bond donors (Lipinski definition) is 2. The van der Waals surface area contributed by atoms with Crippen molar-refractivity contribution in [3.05, 3.63) is 59.2 Å². The molecule has 0 aliphatic carbocycles. The van der Waals surface area contributed by atoms with Gasteiger partial charge in [-0.1, -0.05) is 54.2 Å². The van der Waals surface area contributed by atoms with Crippen LogP contribution in [0.2, 0.25) is 0 Å². The van der Waals surface area contributed by atoms with E-state index in [4.69, 9.17) is 0 Å². The molecule has 0 radical (unpaired) electrons. The summed E-state index contributed by atoms with van der Waals surface area (Å²) in [5.41, 5.74) is 0.748. The molecule has 0 aliphatic heterocycles. The quantitative estimate of drug-likeness (QED) is 0.871. The van der Waals surface area contributed by atoms with E-state index in [1.54, 1.807) is 42.5 Å². The van der Waals surface area contributed by atoms with Crippen LogP contribution in [0.25, 0.3) is 11.1 Å². The molecule has 2 aromatic rings. The summed E-state index contributed by atoms with van der Waals surface area (Å²) in [5, 5.41) is 18.8. The summed E-state index contributed by atoms with van der Waals surface area (Å²) < 4.78 is 0. The van der Waals surface area contributed by atoms with Crippen LogP contribution in [0.5, 0.6) is 0 Å². The van der Waals surface area contributed by atoms with Crippen molar-refractivity contribution in [2.45, 2.75) is 12.7 Å². The Kier molecular flexibility index (Phi) is 5.18. The van der Waals surface area contributed by atoms with E-state index in [-0.39, 0.29) is 22.0 Å². The first-order chi connectivity index (χ1) is 10.9. The van der Waals surface area contributed by atoms with E-state index in [2.05, 4.69) is 0 Å². The lowest BCUT2D eigenvalue weighted by Crippen LogP contribution is -2.13. The number of carboxylic acid groups (broad SMARTS) is 2. The molecule has 0 atom stereocenters. The topological polar surface area (TPSA) is 91.7 Å². The average Bonchev–Trinajstić information content (AvgIpc) is 2.52. The van der Waals surface area contributed by atoms with E-state index >= 15 is 0 Å². The number of benzene rings is 2. The van der Waals surface area contributed by atoms with Crippen molar-refractivity contribution in [1.82, 2.24) is 0 Å². The second-order valence-corrected chi connectivity index (χ2v) is 5.93. The minimum atomic E-state index is -1.32. The monoisotopic (exact) mass is 330 g/mol. The summed E-state index contributed by atoms with van der Waals surface area (Å²) in [4.78, 5) is 34.4. The number of carboxylic acids is 2. The molecular formula is C17H14O5S. The molecule has 0 unspecified atom stereocenters. The van der Waals surface area contributed by atoms with Gasteiger partial charge in [0, 0.05) is 12.7 Å². The van der Waals surface area contributed by atoms with Gasteiger partial charge in [-0.3, -0.25) is 4.79 Å². The molecule has 0 amide bonds. The third kappa shape index (κ3) is 3.78. The molecule has 0 saturated carbocycles. The van der Waals surface area contributed by atoms with Crippen molar-refractivity contribution >= 4 is 28.8 Å². The highest BCUT2D eigenvalue weighted by Crippen LogP contribution is 2.30. The minimum absolute atomic E-state index is 0.117. The molecule has 23 heavy (non-hydrogen) atoms. The number of carbonyl (C=O) groups excluding carboxylic acids is 1. The van der Waals surface area contributed by atoms with Crippen molar-refractivity contribution in [2.24, 2.45) is 0 Å². The summed E-state index contributed by atoms with van der Waals surface area (Å²) in [6.07, 6.45) is 0. The van der Waals surface area contributed by atoms with Crippen molar-refractivity contribution in [2.75, 3.05) is 0 Å². The van der Waals surface area contributed by atoms with Crippen LogP contribution in [0, 0.1) is 0 Å². The van der Waals surface area contributed by atoms with Crippen LogP contribution in [0.1, 0.15) is 33.2 Å². The van der Waals surface area contributed by atoms with Crippen molar-refractivity contribution in [3.8, 4) is 11.1 Å². The van der Waals surface area contributed by atoms with Crippen LogP contribution in [0.3, 0.4) is 0 Å². The first-order valence-corrected chi connectivity index (χ1v) is 7.71. The fourth-order valence-electron chi connectivity index (χ4n) is 2.27. The first kappa shape index (κ1) is 16.8. The Morgan fingerprint density at radius 2 is 1.52 bits per heavy atom. The fourth-order valence-corrected chi connectivity index (χ4v) is 2.87. The lowest BCUT2D eigenvalue weighted by molar-refractivity contribution is -0.109. The van der Waals surface area contributed by atoms with Crippen LogP contribution < -0.4 is 0 Å². The highest BCUT2D eigenvalue weighted by atomic mass is 32.2. The maximum Gasteiger partial charge on any atom is 0.337 e. The zero-order valence-corrected chi connectivity index (χ0v) is 13.1. The van der Waals surface area contributed by atoms with E-state index in [1.165, 1.54) is 6.92 Å². The molecule has 0 bridgehead atoms. The van der Waals surface area contributed by atoms with Gasteiger partial charge in [0.05, 0.1) is 11.1 Å². The third-order valence-electron chi connectivity index (χ3n) is 3.24. The van der Waals surface area contributed by atoms with Gasteiger partial charge in [-0.25, -0.2) is 9.59 Å². The molecule has 2 aromatic carbocycles. The number of aromatic carboxylic acids is 2. The van der Waals surface area contributed by atoms with Gasteiger partial charge in [-0.05, 0) is 16.7 Å². The highest BCUT2D eigenvalue weighted by Gasteiger charge is 2.24. The third-order valence-corrected chi connectivity index (χ3v) is 4.10. The van der Waals surface area contributed by atoms with Gasteiger partial charge in [-0.2, -0.15) is 0 Å². The number of hydrogen-bond acceptors (Lipinski definition) is 4. The lowest BCUT2D eigenvalue weighted by atomic mass is 9.92.